The highest BCUT2D eigenvalue weighted by atomic mass is 32.2. The molecule has 0 unspecified atom stereocenters. The molecule has 1 saturated carbocycles. The molecule has 2 rings (SSSR count). The summed E-state index contributed by atoms with van der Waals surface area (Å²) in [6.45, 7) is 1.27. The molecule has 0 bridgehead atoms. The van der Waals surface area contributed by atoms with Gasteiger partial charge in [0.15, 0.2) is 11.5 Å². The zero-order valence-corrected chi connectivity index (χ0v) is 16.6. The molecular formula is C18H23F3O7S. The average Bonchev–Trinajstić information content (AvgIpc) is 2.61. The first-order chi connectivity index (χ1) is 13.4. The van der Waals surface area contributed by atoms with Crippen LogP contribution in [0.25, 0.3) is 0 Å². The van der Waals surface area contributed by atoms with Crippen molar-refractivity contribution >= 4 is 16.1 Å². The molecule has 11 heteroatoms. The van der Waals surface area contributed by atoms with Crippen molar-refractivity contribution in [3.8, 4) is 11.5 Å². The van der Waals surface area contributed by atoms with E-state index in [9.17, 15) is 26.4 Å². The third kappa shape index (κ3) is 7.39. The van der Waals surface area contributed by atoms with Crippen LogP contribution < -0.4 is 9.47 Å². The number of halogens is 3. The van der Waals surface area contributed by atoms with Crippen LogP contribution in [0.4, 0.5) is 13.2 Å². The van der Waals surface area contributed by atoms with Gasteiger partial charge in [-0.05, 0) is 50.3 Å². The summed E-state index contributed by atoms with van der Waals surface area (Å²) >= 11 is 0. The van der Waals surface area contributed by atoms with Crippen LogP contribution in [0.5, 0.6) is 11.5 Å². The van der Waals surface area contributed by atoms with Crippen molar-refractivity contribution in [1.82, 2.24) is 0 Å². The number of benzene rings is 1. The van der Waals surface area contributed by atoms with Crippen LogP contribution in [0.2, 0.25) is 0 Å². The molecule has 0 aliphatic heterocycles. The molecule has 0 radical (unpaired) electrons. The van der Waals surface area contributed by atoms with Crippen molar-refractivity contribution in [3.05, 3.63) is 23.8 Å². The summed E-state index contributed by atoms with van der Waals surface area (Å²) in [5.41, 5.74) is -0.790. The highest BCUT2D eigenvalue weighted by Gasteiger charge is 2.36. The van der Waals surface area contributed by atoms with Crippen molar-refractivity contribution in [2.75, 3.05) is 12.4 Å². The second-order valence-corrected chi connectivity index (χ2v) is 8.40. The van der Waals surface area contributed by atoms with Gasteiger partial charge >= 0.3 is 12.3 Å². The Bertz CT molecular complexity index is 815. The van der Waals surface area contributed by atoms with Gasteiger partial charge in [-0.2, -0.15) is 8.42 Å². The van der Waals surface area contributed by atoms with Crippen LogP contribution in [-0.2, 0) is 14.9 Å². The SMILES string of the molecule is CCC1(Oc2cc(C(=O)OCCS(=O)(=O)O)ccc2OC(F)(F)F)CCCCC1. The molecule has 29 heavy (non-hydrogen) atoms. The molecule has 7 nitrogen and oxygen atoms in total. The largest absolute Gasteiger partial charge is 0.573 e. The van der Waals surface area contributed by atoms with Gasteiger partial charge in [-0.3, -0.25) is 4.55 Å². The van der Waals surface area contributed by atoms with Crippen LogP contribution in [0, 0.1) is 0 Å². The number of hydrogen-bond acceptors (Lipinski definition) is 6. The predicted molar refractivity (Wildman–Crippen MR) is 96.6 cm³/mol. The van der Waals surface area contributed by atoms with E-state index in [4.69, 9.17) is 14.0 Å². The number of rotatable bonds is 8. The molecule has 0 spiro atoms. The molecule has 1 aromatic carbocycles. The molecule has 0 saturated heterocycles. The highest BCUT2D eigenvalue weighted by Crippen LogP contribution is 2.41. The monoisotopic (exact) mass is 440 g/mol. The Morgan fingerprint density at radius 2 is 1.83 bits per heavy atom. The maximum Gasteiger partial charge on any atom is 0.573 e. The van der Waals surface area contributed by atoms with Crippen LogP contribution in [0.3, 0.4) is 0 Å². The molecular weight excluding hydrogens is 417 g/mol. The number of hydrogen-bond donors (Lipinski definition) is 1. The molecule has 0 amide bonds. The van der Waals surface area contributed by atoms with E-state index >= 15 is 0 Å². The molecule has 1 aromatic rings. The third-order valence-electron chi connectivity index (χ3n) is 4.72. The third-order valence-corrected chi connectivity index (χ3v) is 5.40. The van der Waals surface area contributed by atoms with Gasteiger partial charge in [0, 0.05) is 0 Å². The van der Waals surface area contributed by atoms with Gasteiger partial charge < -0.3 is 14.2 Å². The van der Waals surface area contributed by atoms with Crippen molar-refractivity contribution in [3.63, 3.8) is 0 Å². The van der Waals surface area contributed by atoms with E-state index in [-0.39, 0.29) is 11.3 Å². The van der Waals surface area contributed by atoms with E-state index in [2.05, 4.69) is 4.74 Å². The fourth-order valence-corrected chi connectivity index (χ4v) is 3.50. The molecule has 1 fully saturated rings. The van der Waals surface area contributed by atoms with E-state index in [1.165, 1.54) is 0 Å². The Morgan fingerprint density at radius 1 is 1.17 bits per heavy atom. The molecule has 1 aliphatic carbocycles. The van der Waals surface area contributed by atoms with E-state index < -0.39 is 46.2 Å². The Kier molecular flexibility index (Phi) is 7.39. The number of esters is 1. The molecule has 164 valence electrons. The highest BCUT2D eigenvalue weighted by molar-refractivity contribution is 7.85. The Labute approximate surface area is 166 Å². The topological polar surface area (TPSA) is 99.1 Å². The van der Waals surface area contributed by atoms with Crippen molar-refractivity contribution in [1.29, 1.82) is 0 Å². The van der Waals surface area contributed by atoms with Crippen LogP contribution in [0.1, 0.15) is 55.8 Å². The van der Waals surface area contributed by atoms with Gasteiger partial charge in [0.1, 0.15) is 18.0 Å². The number of carbonyl (C=O) groups excluding carboxylic acids is 1. The average molecular weight is 440 g/mol. The van der Waals surface area contributed by atoms with Crippen LogP contribution in [-0.4, -0.2) is 43.3 Å². The predicted octanol–water partition coefficient (Wildman–Crippen LogP) is 4.12. The minimum atomic E-state index is -4.94. The summed E-state index contributed by atoms with van der Waals surface area (Å²) in [6, 6.07) is 3.10. The lowest BCUT2D eigenvalue weighted by molar-refractivity contribution is -0.275. The van der Waals surface area contributed by atoms with Gasteiger partial charge in [0.2, 0.25) is 0 Å². The smallest absolute Gasteiger partial charge is 0.483 e. The Balaban J connectivity index is 2.27. The fourth-order valence-electron chi connectivity index (χ4n) is 3.20. The van der Waals surface area contributed by atoms with Crippen LogP contribution in [0.15, 0.2) is 18.2 Å². The summed E-state index contributed by atoms with van der Waals surface area (Å²) in [6.07, 6.45) is -0.280. The molecule has 1 N–H and O–H groups in total. The first-order valence-corrected chi connectivity index (χ1v) is 10.7. The van der Waals surface area contributed by atoms with E-state index in [1.54, 1.807) is 0 Å². The first kappa shape index (κ1) is 23.3. The number of carbonyl (C=O) groups is 1. The maximum absolute atomic E-state index is 12.8. The van der Waals surface area contributed by atoms with Gasteiger partial charge in [0.05, 0.1) is 5.56 Å². The summed E-state index contributed by atoms with van der Waals surface area (Å²) < 4.78 is 83.1. The summed E-state index contributed by atoms with van der Waals surface area (Å²) in [5.74, 6) is -2.58. The standard InChI is InChI=1S/C18H23F3O7S/c1-2-17(8-4-3-5-9-17)27-15-12-13(6-7-14(15)28-18(19,20)21)16(22)26-10-11-29(23,24)25/h6-7,12H,2-5,8-11H2,1H3,(H,23,24,25). The normalized spacial score (nSPS) is 16.9. The van der Waals surface area contributed by atoms with Crippen LogP contribution >= 0.6 is 0 Å². The van der Waals surface area contributed by atoms with Gasteiger partial charge in [-0.1, -0.05) is 13.3 Å². The number of alkyl halides is 3. The lowest BCUT2D eigenvalue weighted by atomic mass is 9.82. The molecule has 0 aromatic heterocycles. The molecule has 1 aliphatic rings. The zero-order valence-electron chi connectivity index (χ0n) is 15.8. The second-order valence-electron chi connectivity index (χ2n) is 6.83. The van der Waals surface area contributed by atoms with E-state index in [0.29, 0.717) is 19.3 Å². The lowest BCUT2D eigenvalue weighted by Crippen LogP contribution is -2.37. The van der Waals surface area contributed by atoms with E-state index in [1.807, 2.05) is 6.92 Å². The Morgan fingerprint density at radius 3 is 2.38 bits per heavy atom. The fraction of sp³-hybridized carbons (Fsp3) is 0.611. The summed E-state index contributed by atoms with van der Waals surface area (Å²) in [4.78, 5) is 12.1. The van der Waals surface area contributed by atoms with Crippen molar-refractivity contribution in [2.24, 2.45) is 0 Å². The van der Waals surface area contributed by atoms with Gasteiger partial charge in [-0.25, -0.2) is 4.79 Å². The number of ether oxygens (including phenoxy) is 3. The molecule has 0 heterocycles. The minimum absolute atomic E-state index is 0.132. The summed E-state index contributed by atoms with van der Waals surface area (Å²) in [5, 5.41) is 0. The van der Waals surface area contributed by atoms with Crippen molar-refractivity contribution in [2.45, 2.75) is 57.4 Å². The molecule has 0 atom stereocenters. The Hall–Kier alpha value is -2.01. The summed E-state index contributed by atoms with van der Waals surface area (Å²) in [7, 11) is -4.31. The first-order valence-electron chi connectivity index (χ1n) is 9.14. The zero-order chi connectivity index (χ0) is 21.7. The van der Waals surface area contributed by atoms with E-state index in [0.717, 1.165) is 37.5 Å². The minimum Gasteiger partial charge on any atom is -0.483 e. The van der Waals surface area contributed by atoms with Gasteiger partial charge in [-0.15, -0.1) is 13.2 Å². The van der Waals surface area contributed by atoms with Crippen molar-refractivity contribution < 1.29 is 45.1 Å². The van der Waals surface area contributed by atoms with Gasteiger partial charge in [0.25, 0.3) is 10.1 Å². The second kappa shape index (κ2) is 9.21. The quantitative estimate of drug-likeness (QED) is 0.479. The lowest BCUT2D eigenvalue weighted by Gasteiger charge is -2.37. The maximum atomic E-state index is 12.8.